The summed E-state index contributed by atoms with van der Waals surface area (Å²) in [4.78, 5) is 12.8. The molecule has 0 heterocycles. The van der Waals surface area contributed by atoms with Crippen LogP contribution in [-0.4, -0.2) is 23.9 Å². The van der Waals surface area contributed by atoms with Gasteiger partial charge < -0.3 is 5.73 Å². The van der Waals surface area contributed by atoms with Gasteiger partial charge in [0.25, 0.3) is 0 Å². The summed E-state index contributed by atoms with van der Waals surface area (Å²) in [6, 6.07) is 4.55. The van der Waals surface area contributed by atoms with Crippen LogP contribution in [0.4, 0.5) is 4.39 Å². The molecule has 0 radical (unpaired) electrons. The minimum Gasteiger partial charge on any atom is -0.369 e. The molecule has 0 saturated carbocycles. The minimum absolute atomic E-state index is 0.100. The van der Waals surface area contributed by atoms with Crippen LogP contribution in [0, 0.1) is 11.7 Å². The smallest absolute Gasteiger partial charge is 0.231 e. The van der Waals surface area contributed by atoms with Crippen LogP contribution in [0.5, 0.6) is 0 Å². The lowest BCUT2D eigenvalue weighted by Crippen LogP contribution is -2.36. The van der Waals surface area contributed by atoms with Crippen molar-refractivity contribution in [2.75, 3.05) is 13.1 Å². The number of amides is 1. The highest BCUT2D eigenvalue weighted by Crippen LogP contribution is 2.21. The molecule has 2 N–H and O–H groups in total. The predicted molar refractivity (Wildman–Crippen MR) is 70.7 cm³/mol. The molecule has 0 atom stereocenters. The van der Waals surface area contributed by atoms with Crippen molar-refractivity contribution in [1.29, 1.82) is 0 Å². The summed E-state index contributed by atoms with van der Waals surface area (Å²) in [5.41, 5.74) is 5.60. The van der Waals surface area contributed by atoms with E-state index in [1.165, 1.54) is 6.07 Å². The van der Waals surface area contributed by atoms with Crippen LogP contribution in [0.25, 0.3) is 0 Å². The molecule has 0 bridgehead atoms. The number of carbonyl (C=O) groups is 1. The molecule has 0 aliphatic rings. The molecule has 0 unspecified atom stereocenters. The third-order valence-electron chi connectivity index (χ3n) is 2.45. The Kier molecular flexibility index (Phi) is 5.56. The minimum atomic E-state index is -0.428. The second kappa shape index (κ2) is 6.71. The van der Waals surface area contributed by atoms with Gasteiger partial charge in [-0.2, -0.15) is 0 Å². The van der Waals surface area contributed by atoms with Crippen LogP contribution >= 0.6 is 11.6 Å². The van der Waals surface area contributed by atoms with Crippen LogP contribution in [-0.2, 0) is 11.3 Å². The van der Waals surface area contributed by atoms with Crippen molar-refractivity contribution in [2.45, 2.75) is 20.4 Å². The Morgan fingerprint density at radius 2 is 2.17 bits per heavy atom. The van der Waals surface area contributed by atoms with E-state index in [0.717, 1.165) is 0 Å². The second-order valence-electron chi connectivity index (χ2n) is 4.73. The maximum Gasteiger partial charge on any atom is 0.231 e. The number of halogens is 2. The van der Waals surface area contributed by atoms with Crippen molar-refractivity contribution >= 4 is 17.5 Å². The highest BCUT2D eigenvalue weighted by Gasteiger charge is 2.15. The van der Waals surface area contributed by atoms with Gasteiger partial charge in [-0.25, -0.2) is 4.39 Å². The molecule has 0 aliphatic heterocycles. The van der Waals surface area contributed by atoms with Gasteiger partial charge in [-0.05, 0) is 18.1 Å². The fourth-order valence-electron chi connectivity index (χ4n) is 1.83. The zero-order valence-corrected chi connectivity index (χ0v) is 11.4. The van der Waals surface area contributed by atoms with E-state index in [-0.39, 0.29) is 18.9 Å². The molecule has 1 aromatic rings. The van der Waals surface area contributed by atoms with Gasteiger partial charge in [0.05, 0.1) is 6.54 Å². The first kappa shape index (κ1) is 14.9. The van der Waals surface area contributed by atoms with Crippen LogP contribution in [0.1, 0.15) is 19.4 Å². The van der Waals surface area contributed by atoms with E-state index in [2.05, 4.69) is 0 Å². The molecule has 18 heavy (non-hydrogen) atoms. The Balaban J connectivity index is 2.84. The van der Waals surface area contributed by atoms with E-state index in [4.69, 9.17) is 17.3 Å². The Bertz CT molecular complexity index is 403. The van der Waals surface area contributed by atoms with Crippen molar-refractivity contribution in [1.82, 2.24) is 4.90 Å². The fourth-order valence-corrected chi connectivity index (χ4v) is 2.05. The summed E-state index contributed by atoms with van der Waals surface area (Å²) in [6.45, 7) is 5.09. The van der Waals surface area contributed by atoms with Crippen LogP contribution < -0.4 is 5.73 Å². The molecule has 0 aliphatic carbocycles. The molecule has 0 fully saturated rings. The maximum atomic E-state index is 13.7. The van der Waals surface area contributed by atoms with Crippen molar-refractivity contribution in [3.05, 3.63) is 34.6 Å². The van der Waals surface area contributed by atoms with Gasteiger partial charge in [0.15, 0.2) is 0 Å². The normalized spacial score (nSPS) is 11.2. The summed E-state index contributed by atoms with van der Waals surface area (Å²) in [5.74, 6) is -0.432. The summed E-state index contributed by atoms with van der Waals surface area (Å²) in [6.07, 6.45) is 0. The first-order valence-corrected chi connectivity index (χ1v) is 6.21. The quantitative estimate of drug-likeness (QED) is 0.864. The number of hydrogen-bond acceptors (Lipinski definition) is 2. The lowest BCUT2D eigenvalue weighted by Gasteiger charge is -2.23. The van der Waals surface area contributed by atoms with Crippen molar-refractivity contribution in [3.8, 4) is 0 Å². The van der Waals surface area contributed by atoms with E-state index < -0.39 is 5.91 Å². The van der Waals surface area contributed by atoms with Gasteiger partial charge in [-0.1, -0.05) is 31.5 Å². The van der Waals surface area contributed by atoms with E-state index in [1.54, 1.807) is 17.0 Å². The summed E-state index contributed by atoms with van der Waals surface area (Å²) >= 11 is 5.96. The second-order valence-corrected chi connectivity index (χ2v) is 5.14. The third kappa shape index (κ3) is 4.63. The highest BCUT2D eigenvalue weighted by atomic mass is 35.5. The fraction of sp³-hybridized carbons (Fsp3) is 0.462. The van der Waals surface area contributed by atoms with Crippen molar-refractivity contribution < 1.29 is 9.18 Å². The molecule has 1 aromatic carbocycles. The Morgan fingerprint density at radius 1 is 1.50 bits per heavy atom. The largest absolute Gasteiger partial charge is 0.369 e. The highest BCUT2D eigenvalue weighted by molar-refractivity contribution is 6.31. The monoisotopic (exact) mass is 272 g/mol. The zero-order chi connectivity index (χ0) is 13.7. The molecule has 3 nitrogen and oxygen atoms in total. The Labute approximate surface area is 112 Å². The number of rotatable bonds is 6. The molecule has 0 spiro atoms. The average Bonchev–Trinajstić information content (AvgIpc) is 2.21. The molecular weight excluding hydrogens is 255 g/mol. The van der Waals surface area contributed by atoms with Gasteiger partial charge in [0.1, 0.15) is 5.82 Å². The van der Waals surface area contributed by atoms with Crippen LogP contribution in [0.3, 0.4) is 0 Å². The van der Waals surface area contributed by atoms with Crippen molar-refractivity contribution in [2.24, 2.45) is 11.7 Å². The lowest BCUT2D eigenvalue weighted by molar-refractivity contribution is -0.119. The van der Waals surface area contributed by atoms with Gasteiger partial charge in [0, 0.05) is 23.7 Å². The standard InChI is InChI=1S/C13H18ClFN2O/c1-9(2)6-17(8-13(16)18)7-10-11(14)4-3-5-12(10)15/h3-5,9H,6-8H2,1-2H3,(H2,16,18). The van der Waals surface area contributed by atoms with E-state index in [0.29, 0.717) is 23.0 Å². The third-order valence-corrected chi connectivity index (χ3v) is 2.80. The van der Waals surface area contributed by atoms with Gasteiger partial charge in [-0.3, -0.25) is 9.69 Å². The van der Waals surface area contributed by atoms with E-state index in [9.17, 15) is 9.18 Å². The van der Waals surface area contributed by atoms with Gasteiger partial charge >= 0.3 is 0 Å². The number of hydrogen-bond donors (Lipinski definition) is 1. The molecular formula is C13H18ClFN2O. The Hall–Kier alpha value is -1.13. The zero-order valence-electron chi connectivity index (χ0n) is 10.6. The Morgan fingerprint density at radius 3 is 2.67 bits per heavy atom. The summed E-state index contributed by atoms with van der Waals surface area (Å²) < 4.78 is 13.7. The molecule has 0 saturated heterocycles. The first-order chi connectivity index (χ1) is 8.40. The van der Waals surface area contributed by atoms with Crippen molar-refractivity contribution in [3.63, 3.8) is 0 Å². The first-order valence-electron chi connectivity index (χ1n) is 5.83. The number of benzene rings is 1. The number of nitrogens with two attached hydrogens (primary N) is 1. The number of primary amides is 1. The SMILES string of the molecule is CC(C)CN(CC(N)=O)Cc1c(F)cccc1Cl. The molecule has 1 amide bonds. The molecule has 0 aromatic heterocycles. The predicted octanol–water partition coefficient (Wildman–Crippen LogP) is 2.42. The van der Waals surface area contributed by atoms with Gasteiger partial charge in [-0.15, -0.1) is 0 Å². The molecule has 100 valence electrons. The molecule has 1 rings (SSSR count). The topological polar surface area (TPSA) is 46.3 Å². The molecule has 5 heteroatoms. The van der Waals surface area contributed by atoms with E-state index >= 15 is 0 Å². The summed E-state index contributed by atoms with van der Waals surface area (Å²) in [7, 11) is 0. The lowest BCUT2D eigenvalue weighted by atomic mass is 10.1. The number of nitrogens with zero attached hydrogens (tertiary/aromatic N) is 1. The maximum absolute atomic E-state index is 13.7. The van der Waals surface area contributed by atoms with Gasteiger partial charge in [0.2, 0.25) is 5.91 Å². The van der Waals surface area contributed by atoms with E-state index in [1.807, 2.05) is 13.8 Å². The van der Waals surface area contributed by atoms with Crippen LogP contribution in [0.2, 0.25) is 5.02 Å². The summed E-state index contributed by atoms with van der Waals surface area (Å²) in [5, 5.41) is 0.369. The average molecular weight is 273 g/mol. The number of carbonyl (C=O) groups excluding carboxylic acids is 1. The van der Waals surface area contributed by atoms with Crippen LogP contribution in [0.15, 0.2) is 18.2 Å².